The topological polar surface area (TPSA) is 64.7 Å². The lowest BCUT2D eigenvalue weighted by Gasteiger charge is -2.32. The highest BCUT2D eigenvalue weighted by Gasteiger charge is 2.27. The Balaban J connectivity index is 1.84. The molecule has 0 spiro atoms. The minimum absolute atomic E-state index is 0.0378. The monoisotopic (exact) mass is 316 g/mol. The Morgan fingerprint density at radius 2 is 2.00 bits per heavy atom. The molecule has 2 N–H and O–H groups in total. The standard InChI is InChI=1S/C17H24N4O2/c1-12-14(16(22)20(2)13-6-8-18-9-7-13)4-3-5-15(12)21-11-10-19-17(21)23/h3-5,13,18H,6-11H2,1-2H3,(H,19,23). The largest absolute Gasteiger partial charge is 0.339 e. The lowest BCUT2D eigenvalue weighted by atomic mass is 10.0. The van der Waals surface area contributed by atoms with Crippen LogP contribution in [0.4, 0.5) is 10.5 Å². The molecule has 3 amide bonds. The molecule has 6 heteroatoms. The SMILES string of the molecule is Cc1c(C(=O)N(C)C2CCNCC2)cccc1N1CCNC1=O. The van der Waals surface area contributed by atoms with E-state index in [1.807, 2.05) is 37.1 Å². The lowest BCUT2D eigenvalue weighted by molar-refractivity contribution is 0.0702. The Morgan fingerprint density at radius 3 is 2.65 bits per heavy atom. The van der Waals surface area contributed by atoms with Crippen LogP contribution in [0.25, 0.3) is 0 Å². The number of nitrogens with zero attached hydrogens (tertiary/aromatic N) is 2. The van der Waals surface area contributed by atoms with Crippen molar-refractivity contribution < 1.29 is 9.59 Å². The Bertz CT molecular complexity index is 611. The van der Waals surface area contributed by atoms with Crippen LogP contribution in [0.2, 0.25) is 0 Å². The highest BCUT2D eigenvalue weighted by molar-refractivity contribution is 6.00. The fourth-order valence-electron chi connectivity index (χ4n) is 3.40. The van der Waals surface area contributed by atoms with Gasteiger partial charge in [0.1, 0.15) is 0 Å². The fourth-order valence-corrected chi connectivity index (χ4v) is 3.40. The van der Waals surface area contributed by atoms with Crippen molar-refractivity contribution in [3.63, 3.8) is 0 Å². The molecule has 2 aliphatic heterocycles. The molecule has 23 heavy (non-hydrogen) atoms. The minimum Gasteiger partial charge on any atom is -0.339 e. The number of hydrogen-bond acceptors (Lipinski definition) is 3. The van der Waals surface area contributed by atoms with E-state index in [2.05, 4.69) is 10.6 Å². The van der Waals surface area contributed by atoms with E-state index in [4.69, 9.17) is 0 Å². The van der Waals surface area contributed by atoms with Crippen molar-refractivity contribution in [3.8, 4) is 0 Å². The predicted octanol–water partition coefficient (Wildman–Crippen LogP) is 1.35. The van der Waals surface area contributed by atoms with Crippen molar-refractivity contribution in [2.45, 2.75) is 25.8 Å². The molecule has 0 bridgehead atoms. The Morgan fingerprint density at radius 1 is 1.26 bits per heavy atom. The highest BCUT2D eigenvalue weighted by atomic mass is 16.2. The van der Waals surface area contributed by atoms with Crippen LogP contribution in [0.1, 0.15) is 28.8 Å². The average Bonchev–Trinajstić information content (AvgIpc) is 3.00. The van der Waals surface area contributed by atoms with Gasteiger partial charge in [0.15, 0.2) is 0 Å². The number of urea groups is 1. The number of carbonyl (C=O) groups is 2. The predicted molar refractivity (Wildman–Crippen MR) is 89.9 cm³/mol. The van der Waals surface area contributed by atoms with Gasteiger partial charge in [-0.2, -0.15) is 0 Å². The molecular formula is C17H24N4O2. The van der Waals surface area contributed by atoms with Gasteiger partial charge in [0, 0.05) is 37.4 Å². The number of nitrogens with one attached hydrogen (secondary N) is 2. The third-order valence-electron chi connectivity index (χ3n) is 4.86. The first-order chi connectivity index (χ1) is 11.1. The zero-order valence-corrected chi connectivity index (χ0v) is 13.8. The normalized spacial score (nSPS) is 18.9. The summed E-state index contributed by atoms with van der Waals surface area (Å²) in [7, 11) is 1.88. The summed E-state index contributed by atoms with van der Waals surface area (Å²) in [5.74, 6) is 0.0378. The van der Waals surface area contributed by atoms with Gasteiger partial charge in [-0.15, -0.1) is 0 Å². The zero-order chi connectivity index (χ0) is 16.4. The molecule has 2 fully saturated rings. The molecule has 0 atom stereocenters. The number of amides is 3. The minimum atomic E-state index is -0.0931. The molecule has 0 aliphatic carbocycles. The van der Waals surface area contributed by atoms with Crippen LogP contribution < -0.4 is 15.5 Å². The van der Waals surface area contributed by atoms with Crippen LogP contribution in [0, 0.1) is 6.92 Å². The summed E-state index contributed by atoms with van der Waals surface area (Å²) in [4.78, 5) is 28.4. The maximum atomic E-state index is 12.9. The van der Waals surface area contributed by atoms with E-state index in [0.717, 1.165) is 37.2 Å². The highest BCUT2D eigenvalue weighted by Crippen LogP contribution is 2.26. The third kappa shape index (κ3) is 3.03. The van der Waals surface area contributed by atoms with Gasteiger partial charge in [0.2, 0.25) is 0 Å². The zero-order valence-electron chi connectivity index (χ0n) is 13.8. The first kappa shape index (κ1) is 15.8. The molecule has 6 nitrogen and oxygen atoms in total. The quantitative estimate of drug-likeness (QED) is 0.885. The molecular weight excluding hydrogens is 292 g/mol. The third-order valence-corrected chi connectivity index (χ3v) is 4.86. The Kier molecular flexibility index (Phi) is 4.52. The van der Waals surface area contributed by atoms with Crippen LogP contribution in [-0.4, -0.2) is 56.1 Å². The van der Waals surface area contributed by atoms with Gasteiger partial charge in [0.25, 0.3) is 5.91 Å². The van der Waals surface area contributed by atoms with Gasteiger partial charge in [-0.25, -0.2) is 4.79 Å². The van der Waals surface area contributed by atoms with E-state index in [1.165, 1.54) is 0 Å². The molecule has 124 valence electrons. The maximum Gasteiger partial charge on any atom is 0.322 e. The van der Waals surface area contributed by atoms with Crippen molar-refractivity contribution in [3.05, 3.63) is 29.3 Å². The van der Waals surface area contributed by atoms with E-state index in [0.29, 0.717) is 18.7 Å². The molecule has 2 aliphatic rings. The molecule has 3 rings (SSSR count). The van der Waals surface area contributed by atoms with Crippen LogP contribution in [0.15, 0.2) is 18.2 Å². The van der Waals surface area contributed by atoms with Gasteiger partial charge < -0.3 is 15.5 Å². The number of carbonyl (C=O) groups excluding carboxylic acids is 2. The van der Waals surface area contributed by atoms with Crippen LogP contribution in [-0.2, 0) is 0 Å². The summed E-state index contributed by atoms with van der Waals surface area (Å²) in [5, 5.41) is 6.12. The first-order valence-corrected chi connectivity index (χ1v) is 8.22. The van der Waals surface area contributed by atoms with Crippen LogP contribution in [0.3, 0.4) is 0 Å². The smallest absolute Gasteiger partial charge is 0.322 e. The lowest BCUT2D eigenvalue weighted by Crippen LogP contribution is -2.44. The summed E-state index contributed by atoms with van der Waals surface area (Å²) in [6.07, 6.45) is 1.96. The van der Waals surface area contributed by atoms with Gasteiger partial charge in [-0.1, -0.05) is 6.07 Å². The van der Waals surface area contributed by atoms with E-state index in [9.17, 15) is 9.59 Å². The molecule has 0 unspecified atom stereocenters. The number of anilines is 1. The molecule has 0 saturated carbocycles. The summed E-state index contributed by atoms with van der Waals surface area (Å²) in [5.41, 5.74) is 2.38. The van der Waals surface area contributed by atoms with E-state index in [1.54, 1.807) is 4.90 Å². The average molecular weight is 316 g/mol. The van der Waals surface area contributed by atoms with E-state index >= 15 is 0 Å². The fraction of sp³-hybridized carbons (Fsp3) is 0.529. The van der Waals surface area contributed by atoms with Crippen molar-refractivity contribution >= 4 is 17.6 Å². The Hall–Kier alpha value is -2.08. The Labute approximate surface area is 136 Å². The second-order valence-electron chi connectivity index (χ2n) is 6.23. The number of rotatable bonds is 3. The van der Waals surface area contributed by atoms with Crippen molar-refractivity contribution in [2.24, 2.45) is 0 Å². The van der Waals surface area contributed by atoms with Crippen molar-refractivity contribution in [2.75, 3.05) is 38.1 Å². The molecule has 1 aromatic carbocycles. The van der Waals surface area contributed by atoms with Gasteiger partial charge in [-0.3, -0.25) is 9.69 Å². The summed E-state index contributed by atoms with van der Waals surface area (Å²) in [6.45, 7) is 5.11. The molecule has 2 saturated heterocycles. The van der Waals surface area contributed by atoms with Gasteiger partial charge in [0.05, 0.1) is 0 Å². The van der Waals surface area contributed by atoms with Gasteiger partial charge in [-0.05, 0) is 50.6 Å². The van der Waals surface area contributed by atoms with Crippen molar-refractivity contribution in [1.29, 1.82) is 0 Å². The summed E-state index contributed by atoms with van der Waals surface area (Å²) >= 11 is 0. The van der Waals surface area contributed by atoms with Crippen LogP contribution >= 0.6 is 0 Å². The molecule has 0 radical (unpaired) electrons. The molecule has 1 aromatic rings. The number of hydrogen-bond donors (Lipinski definition) is 2. The van der Waals surface area contributed by atoms with E-state index < -0.39 is 0 Å². The second kappa shape index (κ2) is 6.58. The van der Waals surface area contributed by atoms with Gasteiger partial charge >= 0.3 is 6.03 Å². The first-order valence-electron chi connectivity index (χ1n) is 8.22. The summed E-state index contributed by atoms with van der Waals surface area (Å²) in [6, 6.07) is 5.80. The van der Waals surface area contributed by atoms with E-state index in [-0.39, 0.29) is 18.0 Å². The number of benzene rings is 1. The maximum absolute atomic E-state index is 12.9. The molecule has 0 aromatic heterocycles. The second-order valence-corrected chi connectivity index (χ2v) is 6.23. The number of piperidine rings is 1. The summed E-state index contributed by atoms with van der Waals surface area (Å²) < 4.78 is 0. The van der Waals surface area contributed by atoms with Crippen LogP contribution in [0.5, 0.6) is 0 Å². The van der Waals surface area contributed by atoms with Crippen molar-refractivity contribution in [1.82, 2.24) is 15.5 Å². The molecule has 2 heterocycles.